The Labute approximate surface area is 72.3 Å². The molecule has 0 amide bonds. The summed E-state index contributed by atoms with van der Waals surface area (Å²) in [7, 11) is 0. The van der Waals surface area contributed by atoms with Gasteiger partial charge in [0, 0.05) is 0 Å². The van der Waals surface area contributed by atoms with Gasteiger partial charge in [0.25, 0.3) is 0 Å². The number of carbonyl (C=O) groups is 1. The van der Waals surface area contributed by atoms with E-state index >= 15 is 0 Å². The topological polar surface area (TPSA) is 17.1 Å². The van der Waals surface area contributed by atoms with E-state index in [1.54, 1.807) is 0 Å². The minimum atomic E-state index is -0.00255. The van der Waals surface area contributed by atoms with E-state index in [-0.39, 0.29) is 20.4 Å². The van der Waals surface area contributed by atoms with Crippen LogP contribution in [-0.2, 0) is 4.79 Å². The molecule has 0 spiro atoms. The average Bonchev–Trinajstić information content (AvgIpc) is 2.03. The quantitative estimate of drug-likeness (QED) is 0.445. The van der Waals surface area contributed by atoms with Gasteiger partial charge in [0.2, 0.25) is 0 Å². The first-order valence-electron chi connectivity index (χ1n) is 4.37. The van der Waals surface area contributed by atoms with Crippen LogP contribution in [0.4, 0.5) is 0 Å². The summed E-state index contributed by atoms with van der Waals surface area (Å²) in [4.78, 5) is 10.1. The molecule has 2 heteroatoms. The number of hydrogen-bond acceptors (Lipinski definition) is 1. The molecule has 1 rings (SSSR count). The molecule has 0 N–H and O–H groups in total. The Kier molecular flexibility index (Phi) is 4.38. The van der Waals surface area contributed by atoms with E-state index in [2.05, 4.69) is 0 Å². The van der Waals surface area contributed by atoms with E-state index < -0.39 is 0 Å². The SMILES string of the molecule is O=C[CH2][Mg][CH]1CCCCC1. The van der Waals surface area contributed by atoms with Crippen LogP contribution in [0.25, 0.3) is 0 Å². The van der Waals surface area contributed by atoms with E-state index in [0.717, 1.165) is 14.9 Å². The van der Waals surface area contributed by atoms with E-state index in [1.807, 2.05) is 0 Å². The zero-order chi connectivity index (χ0) is 7.23. The van der Waals surface area contributed by atoms with Crippen molar-refractivity contribution in [2.45, 2.75) is 40.7 Å². The van der Waals surface area contributed by atoms with Crippen molar-refractivity contribution in [3.05, 3.63) is 0 Å². The molecule has 0 aromatic heterocycles. The lowest BCUT2D eigenvalue weighted by Crippen LogP contribution is -2.07. The first-order valence-corrected chi connectivity index (χ1v) is 6.19. The molecule has 0 aliphatic heterocycles. The summed E-state index contributed by atoms with van der Waals surface area (Å²) in [5.74, 6) is 0. The van der Waals surface area contributed by atoms with Gasteiger partial charge < -0.3 is 4.79 Å². The number of rotatable bonds is 3. The van der Waals surface area contributed by atoms with Gasteiger partial charge in [0.15, 0.2) is 0 Å². The molecule has 54 valence electrons. The monoisotopic (exact) mass is 150 g/mol. The lowest BCUT2D eigenvalue weighted by Gasteiger charge is -2.19. The zero-order valence-electron chi connectivity index (χ0n) is 6.51. The lowest BCUT2D eigenvalue weighted by molar-refractivity contribution is -0.106. The first kappa shape index (κ1) is 8.53. The summed E-state index contributed by atoms with van der Waals surface area (Å²) in [6, 6.07) is 0. The molecule has 0 aromatic rings. The Morgan fingerprint density at radius 3 is 2.60 bits per heavy atom. The molecule has 0 heterocycles. The maximum absolute atomic E-state index is 10.1. The third kappa shape index (κ3) is 3.02. The smallest absolute Gasteiger partial charge is 0.306 e. The van der Waals surface area contributed by atoms with E-state index in [9.17, 15) is 4.79 Å². The predicted octanol–water partition coefficient (Wildman–Crippen LogP) is 2.06. The molecule has 1 saturated carbocycles. The highest BCUT2D eigenvalue weighted by molar-refractivity contribution is 6.41. The minimum Gasteiger partial charge on any atom is -0.306 e. The van der Waals surface area contributed by atoms with E-state index in [0.29, 0.717) is 0 Å². The summed E-state index contributed by atoms with van der Waals surface area (Å²) in [6.07, 6.45) is 8.26. The fourth-order valence-corrected chi connectivity index (χ4v) is 3.54. The Morgan fingerprint density at radius 2 is 2.00 bits per heavy atom. The second-order valence-corrected chi connectivity index (χ2v) is 5.56. The van der Waals surface area contributed by atoms with Crippen molar-refractivity contribution >= 4 is 26.7 Å². The largest absolute Gasteiger partial charge is 0.379 e. The van der Waals surface area contributed by atoms with Crippen molar-refractivity contribution in [2.24, 2.45) is 0 Å². The highest BCUT2D eigenvalue weighted by Gasteiger charge is 2.14. The predicted molar refractivity (Wildman–Crippen MR) is 43.5 cm³/mol. The Balaban J connectivity index is 2.07. The third-order valence-corrected chi connectivity index (χ3v) is 4.62. The third-order valence-electron chi connectivity index (χ3n) is 2.42. The van der Waals surface area contributed by atoms with Gasteiger partial charge in [-0.3, -0.25) is 0 Å². The highest BCUT2D eigenvalue weighted by Crippen LogP contribution is 2.27. The second-order valence-electron chi connectivity index (χ2n) is 3.25. The van der Waals surface area contributed by atoms with Crippen molar-refractivity contribution in [1.29, 1.82) is 0 Å². The van der Waals surface area contributed by atoms with Gasteiger partial charge in [-0.1, -0.05) is 36.7 Å². The molecule has 0 saturated heterocycles. The molecule has 1 fully saturated rings. The van der Waals surface area contributed by atoms with Crippen LogP contribution in [0.1, 0.15) is 32.1 Å². The lowest BCUT2D eigenvalue weighted by atomic mass is 10.00. The molecule has 0 unspecified atom stereocenters. The Hall–Kier alpha value is 0.436. The van der Waals surface area contributed by atoms with Crippen molar-refractivity contribution in [3.63, 3.8) is 0 Å². The fourth-order valence-electron chi connectivity index (χ4n) is 1.78. The molecule has 10 heavy (non-hydrogen) atoms. The Morgan fingerprint density at radius 1 is 1.30 bits per heavy atom. The van der Waals surface area contributed by atoms with Crippen LogP contribution in [0.3, 0.4) is 0 Å². The van der Waals surface area contributed by atoms with Gasteiger partial charge in [-0.05, 0) is 0 Å². The van der Waals surface area contributed by atoms with Crippen molar-refractivity contribution in [2.75, 3.05) is 0 Å². The van der Waals surface area contributed by atoms with Crippen molar-refractivity contribution in [3.8, 4) is 0 Å². The van der Waals surface area contributed by atoms with Crippen LogP contribution in [0, 0.1) is 0 Å². The van der Waals surface area contributed by atoms with Crippen LogP contribution in [0.5, 0.6) is 0 Å². The van der Waals surface area contributed by atoms with Crippen molar-refractivity contribution < 1.29 is 4.79 Å². The number of hydrogen-bond donors (Lipinski definition) is 0. The van der Waals surface area contributed by atoms with Crippen molar-refractivity contribution in [1.82, 2.24) is 0 Å². The van der Waals surface area contributed by atoms with Crippen LogP contribution < -0.4 is 0 Å². The highest BCUT2D eigenvalue weighted by atomic mass is 24.5. The number of carbonyl (C=O) groups excluding carboxylic acids is 1. The normalized spacial score (nSPS) is 20.0. The van der Waals surface area contributed by atoms with Crippen LogP contribution in [0.15, 0.2) is 0 Å². The maximum Gasteiger partial charge on any atom is 0.379 e. The standard InChI is InChI=1S/C6H11.C2H3O.Mg/c1-2-4-6-5-3-1;1-2-3;/h1H,2-6H2;2H,1H2;. The molecule has 0 bridgehead atoms. The fraction of sp³-hybridized carbons (Fsp3) is 0.875. The molecule has 1 aliphatic carbocycles. The number of aldehydes is 1. The van der Waals surface area contributed by atoms with Gasteiger partial charge in [-0.15, -0.1) is 4.05 Å². The van der Waals surface area contributed by atoms with Gasteiger partial charge in [-0.25, -0.2) is 0 Å². The summed E-state index contributed by atoms with van der Waals surface area (Å²) < 4.78 is 1.93. The van der Waals surface area contributed by atoms with Gasteiger partial charge in [-0.2, -0.15) is 0 Å². The first-order chi connectivity index (χ1) is 4.93. The molecule has 0 atom stereocenters. The minimum absolute atomic E-state index is 0.00255. The molecule has 0 aromatic carbocycles. The summed E-state index contributed by atoms with van der Waals surface area (Å²) in [6.45, 7) is 0. The van der Waals surface area contributed by atoms with E-state index in [1.165, 1.54) is 32.1 Å². The Bertz CT molecular complexity index is 97.4. The molecule has 1 aliphatic rings. The molecule has 0 radical (unpaired) electrons. The maximum atomic E-state index is 10.1. The van der Waals surface area contributed by atoms with E-state index in [4.69, 9.17) is 0 Å². The van der Waals surface area contributed by atoms with Crippen LogP contribution in [0.2, 0.25) is 8.60 Å². The summed E-state index contributed by atoms with van der Waals surface area (Å²) >= 11 is -0.00255. The van der Waals surface area contributed by atoms with Gasteiger partial charge >= 0.3 is 20.4 Å². The summed E-state index contributed by atoms with van der Waals surface area (Å²) in [5.41, 5.74) is 0. The zero-order valence-corrected chi connectivity index (χ0v) is 7.93. The van der Waals surface area contributed by atoms with Crippen LogP contribution >= 0.6 is 0 Å². The molecular formula is C8H14MgO. The van der Waals surface area contributed by atoms with Gasteiger partial charge in [0.05, 0.1) is 6.29 Å². The van der Waals surface area contributed by atoms with Crippen LogP contribution in [-0.4, -0.2) is 26.7 Å². The average molecular weight is 151 g/mol. The summed E-state index contributed by atoms with van der Waals surface area (Å²) in [5, 5.41) is 0. The molecular weight excluding hydrogens is 136 g/mol. The van der Waals surface area contributed by atoms with Gasteiger partial charge in [0.1, 0.15) is 0 Å². The second kappa shape index (κ2) is 5.13. The molecule has 1 nitrogen and oxygen atoms in total.